The van der Waals surface area contributed by atoms with Gasteiger partial charge in [-0.05, 0) is 66.8 Å². The first-order valence-corrected chi connectivity index (χ1v) is 14.5. The van der Waals surface area contributed by atoms with Crippen molar-refractivity contribution in [3.63, 3.8) is 0 Å². The number of rotatable bonds is 9. The second-order valence-electron chi connectivity index (χ2n) is 9.54. The number of nitriles is 1. The second kappa shape index (κ2) is 12.0. The molecule has 0 saturated carbocycles. The van der Waals surface area contributed by atoms with Crippen LogP contribution in [0.25, 0.3) is 11.1 Å². The van der Waals surface area contributed by atoms with E-state index in [0.717, 1.165) is 12.5 Å². The molecule has 0 aliphatic rings. The van der Waals surface area contributed by atoms with E-state index in [9.17, 15) is 32.4 Å². The highest BCUT2D eigenvalue weighted by Gasteiger charge is 2.31. The Balaban J connectivity index is 1.89. The lowest BCUT2D eigenvalue weighted by Crippen LogP contribution is -2.33. The number of unbranched alkanes of at least 4 members (excludes halogenated alkanes) is 1. The molecule has 2 heterocycles. The summed E-state index contributed by atoms with van der Waals surface area (Å²) in [7, 11) is -4.57. The molecule has 0 radical (unpaired) electrons. The minimum atomic E-state index is -4.57. The summed E-state index contributed by atoms with van der Waals surface area (Å²) in [4.78, 5) is 20.6. The van der Waals surface area contributed by atoms with Gasteiger partial charge in [-0.25, -0.2) is 17.8 Å². The van der Waals surface area contributed by atoms with Gasteiger partial charge in [0.25, 0.3) is 5.56 Å². The Morgan fingerprint density at radius 2 is 1.80 bits per heavy atom. The molecular weight excluding hydrogens is 550 g/mol. The van der Waals surface area contributed by atoms with Crippen molar-refractivity contribution in [2.75, 3.05) is 0 Å². The van der Waals surface area contributed by atoms with Crippen molar-refractivity contribution in [2.24, 2.45) is 0 Å². The molecule has 0 amide bonds. The molecule has 1 unspecified atom stereocenters. The Morgan fingerprint density at radius 3 is 2.44 bits per heavy atom. The fourth-order valence-corrected chi connectivity index (χ4v) is 6.12. The average Bonchev–Trinajstić information content (AvgIpc) is 2.95. The highest BCUT2D eigenvalue weighted by molar-refractivity contribution is 7.91. The molecule has 212 valence electrons. The number of nitrogens with zero attached hydrogens (tertiary/aromatic N) is 4. The SMILES string of the molecule is CCCCc1nc(O)c(S(=O)(=O)c2ccc(-c3ccnc(F)c3C)cc2)c(=O)n1C(CC)c1ccc(F)c(C#N)c1. The van der Waals surface area contributed by atoms with Crippen LogP contribution >= 0.6 is 0 Å². The van der Waals surface area contributed by atoms with E-state index in [-0.39, 0.29) is 29.1 Å². The molecule has 2 aromatic heterocycles. The fraction of sp³-hybridized carbons (Fsp3) is 0.267. The molecule has 0 aliphatic heterocycles. The molecule has 2 aromatic carbocycles. The Labute approximate surface area is 236 Å². The number of benzene rings is 2. The van der Waals surface area contributed by atoms with Crippen LogP contribution in [0.1, 0.15) is 61.7 Å². The summed E-state index contributed by atoms with van der Waals surface area (Å²) in [6.07, 6.45) is 3.23. The molecule has 8 nitrogen and oxygen atoms in total. The van der Waals surface area contributed by atoms with Crippen LogP contribution in [0, 0.1) is 30.0 Å². The quantitative estimate of drug-likeness (QED) is 0.255. The summed E-state index contributed by atoms with van der Waals surface area (Å²) in [6, 6.07) is 12.0. The van der Waals surface area contributed by atoms with Gasteiger partial charge in [0.2, 0.25) is 21.7 Å². The van der Waals surface area contributed by atoms with Gasteiger partial charge in [0.05, 0.1) is 16.5 Å². The van der Waals surface area contributed by atoms with E-state index in [0.29, 0.717) is 28.7 Å². The monoisotopic (exact) mass is 578 g/mol. The summed E-state index contributed by atoms with van der Waals surface area (Å²) < 4.78 is 56.7. The average molecular weight is 579 g/mol. The molecule has 0 fully saturated rings. The lowest BCUT2D eigenvalue weighted by Gasteiger charge is -2.23. The van der Waals surface area contributed by atoms with Gasteiger partial charge in [-0.15, -0.1) is 0 Å². The molecule has 4 aromatic rings. The van der Waals surface area contributed by atoms with Crippen molar-refractivity contribution in [3.05, 3.63) is 99.4 Å². The van der Waals surface area contributed by atoms with Crippen LogP contribution in [-0.4, -0.2) is 28.1 Å². The van der Waals surface area contributed by atoms with Crippen LogP contribution in [0.5, 0.6) is 5.88 Å². The third kappa shape index (κ3) is 5.60. The predicted octanol–water partition coefficient (Wildman–Crippen LogP) is 5.64. The first-order chi connectivity index (χ1) is 19.5. The number of aryl methyl sites for hydroxylation is 1. The highest BCUT2D eigenvalue weighted by atomic mass is 32.2. The normalized spacial score (nSPS) is 12.2. The Bertz CT molecular complexity index is 1810. The van der Waals surface area contributed by atoms with Gasteiger partial charge in [-0.2, -0.15) is 14.6 Å². The van der Waals surface area contributed by atoms with Crippen LogP contribution in [0.3, 0.4) is 0 Å². The molecule has 0 aliphatic carbocycles. The van der Waals surface area contributed by atoms with Crippen LogP contribution < -0.4 is 5.56 Å². The van der Waals surface area contributed by atoms with Gasteiger partial charge in [0, 0.05) is 18.2 Å². The van der Waals surface area contributed by atoms with Crippen LogP contribution in [-0.2, 0) is 16.3 Å². The lowest BCUT2D eigenvalue weighted by atomic mass is 10.0. The van der Waals surface area contributed by atoms with E-state index in [2.05, 4.69) is 9.97 Å². The second-order valence-corrected chi connectivity index (χ2v) is 11.4. The smallest absolute Gasteiger partial charge is 0.277 e. The highest BCUT2D eigenvalue weighted by Crippen LogP contribution is 2.31. The van der Waals surface area contributed by atoms with E-state index in [4.69, 9.17) is 0 Å². The third-order valence-electron chi connectivity index (χ3n) is 6.96. The minimum Gasteiger partial charge on any atom is -0.492 e. The van der Waals surface area contributed by atoms with E-state index < -0.39 is 44.0 Å². The minimum absolute atomic E-state index is 0.175. The van der Waals surface area contributed by atoms with Crippen molar-refractivity contribution in [1.29, 1.82) is 5.26 Å². The number of pyridine rings is 1. The van der Waals surface area contributed by atoms with Gasteiger partial charge >= 0.3 is 0 Å². The Hall–Kier alpha value is -4.43. The van der Waals surface area contributed by atoms with Crippen LogP contribution in [0.2, 0.25) is 0 Å². The van der Waals surface area contributed by atoms with Gasteiger partial charge in [0.1, 0.15) is 17.7 Å². The zero-order valence-electron chi connectivity index (χ0n) is 22.7. The Morgan fingerprint density at radius 1 is 1.10 bits per heavy atom. The summed E-state index contributed by atoms with van der Waals surface area (Å²) in [5.74, 6) is -2.11. The molecule has 0 saturated heterocycles. The van der Waals surface area contributed by atoms with Crippen molar-refractivity contribution in [3.8, 4) is 23.1 Å². The van der Waals surface area contributed by atoms with E-state index >= 15 is 0 Å². The standard InChI is InChI=1S/C30H28F2N4O4S/c1-4-6-7-26-35-29(37)27(30(38)36(26)25(5-2)20-10-13-24(31)21(16-20)17-33)41(39,40)22-11-8-19(9-12-22)23-14-15-34-28(32)18(23)3/h8-16,25,37H,4-7H2,1-3H3. The lowest BCUT2D eigenvalue weighted by molar-refractivity contribution is 0.406. The van der Waals surface area contributed by atoms with E-state index in [1.165, 1.54) is 47.2 Å². The summed E-state index contributed by atoms with van der Waals surface area (Å²) in [5.41, 5.74) is 0.581. The zero-order valence-corrected chi connectivity index (χ0v) is 23.5. The van der Waals surface area contributed by atoms with Crippen molar-refractivity contribution in [2.45, 2.75) is 62.3 Å². The molecule has 1 atom stereocenters. The maximum absolute atomic E-state index is 14.1. The largest absolute Gasteiger partial charge is 0.492 e. The molecular formula is C30H28F2N4O4S. The number of hydrogen-bond acceptors (Lipinski definition) is 7. The predicted molar refractivity (Wildman–Crippen MR) is 148 cm³/mol. The summed E-state index contributed by atoms with van der Waals surface area (Å²) >= 11 is 0. The number of halogens is 2. The van der Waals surface area contributed by atoms with Crippen LogP contribution in [0.15, 0.2) is 69.3 Å². The van der Waals surface area contributed by atoms with Gasteiger partial charge in [-0.3, -0.25) is 9.36 Å². The maximum atomic E-state index is 14.1. The molecule has 41 heavy (non-hydrogen) atoms. The van der Waals surface area contributed by atoms with Crippen molar-refractivity contribution < 1.29 is 22.3 Å². The van der Waals surface area contributed by atoms with Gasteiger partial charge < -0.3 is 5.11 Å². The Kier molecular flexibility index (Phi) is 8.63. The molecule has 4 rings (SSSR count). The molecule has 11 heteroatoms. The van der Waals surface area contributed by atoms with Crippen molar-refractivity contribution >= 4 is 9.84 Å². The number of sulfone groups is 1. The van der Waals surface area contributed by atoms with Crippen molar-refractivity contribution in [1.82, 2.24) is 14.5 Å². The van der Waals surface area contributed by atoms with Gasteiger partial charge in [-0.1, -0.05) is 38.5 Å². The summed E-state index contributed by atoms with van der Waals surface area (Å²) in [6.45, 7) is 5.25. The summed E-state index contributed by atoms with van der Waals surface area (Å²) in [5, 5.41) is 20.1. The number of hydrogen-bond donors (Lipinski definition) is 1. The first kappa shape index (κ1) is 29.6. The number of aromatic nitrogens is 3. The first-order valence-electron chi connectivity index (χ1n) is 13.1. The zero-order chi connectivity index (χ0) is 29.9. The number of aromatic hydroxyl groups is 1. The van der Waals surface area contributed by atoms with Crippen LogP contribution in [0.4, 0.5) is 8.78 Å². The molecule has 0 bridgehead atoms. The van der Waals surface area contributed by atoms with Gasteiger partial charge in [0.15, 0.2) is 4.90 Å². The fourth-order valence-electron chi connectivity index (χ4n) is 4.77. The third-order valence-corrected chi connectivity index (χ3v) is 8.75. The molecule has 0 spiro atoms. The molecule has 1 N–H and O–H groups in total. The van der Waals surface area contributed by atoms with E-state index in [1.807, 2.05) is 6.92 Å². The maximum Gasteiger partial charge on any atom is 0.277 e. The topological polar surface area (TPSA) is 126 Å². The van der Waals surface area contributed by atoms with E-state index in [1.54, 1.807) is 26.0 Å².